The third-order valence-electron chi connectivity index (χ3n) is 9.86. The lowest BCUT2D eigenvalue weighted by molar-refractivity contribution is -0.229. The van der Waals surface area contributed by atoms with Crippen LogP contribution in [0.3, 0.4) is 0 Å². The van der Waals surface area contributed by atoms with Gasteiger partial charge < -0.3 is 28.8 Å². The lowest BCUT2D eigenvalue weighted by atomic mass is 9.44. The minimum absolute atomic E-state index is 0.0253. The summed E-state index contributed by atoms with van der Waals surface area (Å²) >= 11 is 0. The summed E-state index contributed by atoms with van der Waals surface area (Å²) < 4.78 is 54.0. The number of allylic oxidation sites excluding steroid dienone is 4. The first kappa shape index (κ1) is 27.5. The molecular weight excluding hydrogens is 518 g/mol. The van der Waals surface area contributed by atoms with E-state index < -0.39 is 69.9 Å². The fraction of sp³-hybridized carbons (Fsp3) is 0.607. The number of carboxylic acid groups (broad SMARTS) is 1. The molecule has 0 aromatic carbocycles. The van der Waals surface area contributed by atoms with Gasteiger partial charge in [0.25, 0.3) is 0 Å². The van der Waals surface area contributed by atoms with Crippen LogP contribution < -0.4 is 4.74 Å². The number of hydrogen-bond acceptors (Lipinski definition) is 8. The molecule has 1 aromatic rings. The third kappa shape index (κ3) is 3.51. The first-order valence-electron chi connectivity index (χ1n) is 12.9. The Morgan fingerprint density at radius 1 is 1.23 bits per heavy atom. The van der Waals surface area contributed by atoms with Crippen molar-refractivity contribution in [3.05, 3.63) is 41.9 Å². The quantitative estimate of drug-likeness (QED) is 0.401. The Kier molecular flexibility index (Phi) is 6.34. The van der Waals surface area contributed by atoms with Gasteiger partial charge in [-0.25, -0.2) is 18.4 Å². The summed E-state index contributed by atoms with van der Waals surface area (Å²) in [6.07, 6.45) is 0.739. The van der Waals surface area contributed by atoms with Gasteiger partial charge in [-0.05, 0) is 49.8 Å². The molecule has 4 aliphatic carbocycles. The van der Waals surface area contributed by atoms with Crippen molar-refractivity contribution in [2.24, 2.45) is 28.6 Å². The fourth-order valence-electron chi connectivity index (χ4n) is 8.07. The van der Waals surface area contributed by atoms with E-state index >= 15 is 8.78 Å². The summed E-state index contributed by atoms with van der Waals surface area (Å²) in [4.78, 5) is 38.2. The Labute approximate surface area is 223 Å². The number of aliphatic hydroxyl groups is 1. The molecule has 5 rings (SSSR count). The molecule has 0 unspecified atom stereocenters. The summed E-state index contributed by atoms with van der Waals surface area (Å²) in [6.45, 7) is 4.51. The van der Waals surface area contributed by atoms with E-state index in [2.05, 4.69) is 0 Å². The van der Waals surface area contributed by atoms with Crippen LogP contribution in [0, 0.1) is 28.6 Å². The Morgan fingerprint density at radius 3 is 2.62 bits per heavy atom. The van der Waals surface area contributed by atoms with Crippen molar-refractivity contribution >= 4 is 17.7 Å². The van der Waals surface area contributed by atoms with E-state index in [-0.39, 0.29) is 43.1 Å². The molecule has 1 aromatic heterocycles. The average Bonchev–Trinajstić information content (AvgIpc) is 3.43. The van der Waals surface area contributed by atoms with E-state index in [1.54, 1.807) is 13.8 Å². The largest absolute Gasteiger partial charge is 0.478 e. The van der Waals surface area contributed by atoms with Crippen molar-refractivity contribution in [2.75, 3.05) is 13.9 Å². The molecule has 0 saturated heterocycles. The highest BCUT2D eigenvalue weighted by atomic mass is 19.1. The maximum absolute atomic E-state index is 17.3. The maximum Gasteiger partial charge on any atom is 0.375 e. The molecular formula is C28H32F2O9. The van der Waals surface area contributed by atoms with E-state index in [1.165, 1.54) is 32.3 Å². The van der Waals surface area contributed by atoms with Crippen LogP contribution in [0.25, 0.3) is 0 Å². The van der Waals surface area contributed by atoms with Crippen molar-refractivity contribution < 1.29 is 52.0 Å². The van der Waals surface area contributed by atoms with E-state index in [0.29, 0.717) is 0 Å². The van der Waals surface area contributed by atoms with Crippen LogP contribution in [0.2, 0.25) is 0 Å². The fourth-order valence-corrected chi connectivity index (χ4v) is 8.07. The van der Waals surface area contributed by atoms with E-state index in [9.17, 15) is 24.6 Å². The second kappa shape index (κ2) is 8.99. The van der Waals surface area contributed by atoms with Crippen molar-refractivity contribution in [1.29, 1.82) is 0 Å². The molecule has 4 aliphatic rings. The SMILES string of the molecule is COCOc1coc(C(=O)O[C@]2(C(=O)O)[C@H](C)C[C@H]3[C@@H]4C[C@H](F)C5=CC(=O)C=C[C@]5(C)[C@@]4(F)[C@@H](O)C[C@@]32C)c1. The second-order valence-electron chi connectivity index (χ2n) is 11.6. The molecule has 1 heterocycles. The third-order valence-corrected chi connectivity index (χ3v) is 9.86. The molecule has 212 valence electrons. The molecule has 3 saturated carbocycles. The van der Waals surface area contributed by atoms with Crippen LogP contribution in [0.15, 0.2) is 40.5 Å². The number of aliphatic carboxylic acids is 1. The molecule has 0 spiro atoms. The van der Waals surface area contributed by atoms with Crippen LogP contribution in [0.1, 0.15) is 50.6 Å². The number of halogens is 2. The molecule has 9 atom stereocenters. The number of fused-ring (bicyclic) bond motifs is 5. The molecule has 3 fully saturated rings. The predicted octanol–water partition coefficient (Wildman–Crippen LogP) is 3.81. The number of aliphatic hydroxyl groups excluding tert-OH is 1. The zero-order valence-corrected chi connectivity index (χ0v) is 22.1. The number of ether oxygens (including phenoxy) is 3. The number of carbonyl (C=O) groups is 3. The van der Waals surface area contributed by atoms with Crippen molar-refractivity contribution in [3.63, 3.8) is 0 Å². The van der Waals surface area contributed by atoms with E-state index in [0.717, 1.165) is 12.3 Å². The highest BCUT2D eigenvalue weighted by Gasteiger charge is 2.78. The summed E-state index contributed by atoms with van der Waals surface area (Å²) in [7, 11) is 1.41. The number of carbonyl (C=O) groups excluding carboxylic acids is 2. The Hall–Kier alpha value is -3.05. The van der Waals surface area contributed by atoms with Gasteiger partial charge in [0.1, 0.15) is 12.4 Å². The van der Waals surface area contributed by atoms with Gasteiger partial charge in [-0.1, -0.05) is 19.9 Å². The van der Waals surface area contributed by atoms with E-state index in [4.69, 9.17) is 18.6 Å². The first-order chi connectivity index (χ1) is 18.3. The van der Waals surface area contributed by atoms with Crippen molar-refractivity contribution in [1.82, 2.24) is 0 Å². The smallest absolute Gasteiger partial charge is 0.375 e. The Bertz CT molecular complexity index is 1270. The standard InChI is InChI=1S/C28H32F2O9/c1-14-7-17-18-10-20(29)19-8-15(31)5-6-25(19,2)27(18,30)22(32)11-26(17,3)28(14,24(34)35)39-23(33)21-9-16(12-37-21)38-13-36-4/h5-6,8-9,12,14,17-18,20,22,32H,7,10-11,13H2,1-4H3,(H,34,35)/t14-,17+,18+,20+,22+,25+,26+,27+,28+/m1/s1. The second-order valence-corrected chi connectivity index (χ2v) is 11.6. The van der Waals surface area contributed by atoms with Gasteiger partial charge in [-0.3, -0.25) is 4.79 Å². The van der Waals surface area contributed by atoms with Crippen molar-refractivity contribution in [2.45, 2.75) is 63.6 Å². The van der Waals surface area contributed by atoms with E-state index in [1.807, 2.05) is 0 Å². The predicted molar refractivity (Wildman–Crippen MR) is 130 cm³/mol. The van der Waals surface area contributed by atoms with Gasteiger partial charge in [0, 0.05) is 35.8 Å². The Morgan fingerprint density at radius 2 is 1.95 bits per heavy atom. The van der Waals surface area contributed by atoms with Crippen LogP contribution in [0.4, 0.5) is 8.78 Å². The minimum Gasteiger partial charge on any atom is -0.478 e. The van der Waals surface area contributed by atoms with Crippen LogP contribution in [-0.2, 0) is 19.1 Å². The van der Waals surface area contributed by atoms with Gasteiger partial charge in [0.05, 0.1) is 6.10 Å². The lowest BCUT2D eigenvalue weighted by Crippen LogP contribution is -2.71. The van der Waals surface area contributed by atoms with Crippen LogP contribution >= 0.6 is 0 Å². The number of ketones is 1. The normalized spacial score (nSPS) is 42.7. The first-order valence-corrected chi connectivity index (χ1v) is 12.9. The van der Waals surface area contributed by atoms with Gasteiger partial charge in [-0.2, -0.15) is 0 Å². The number of rotatable bonds is 6. The highest BCUT2D eigenvalue weighted by Crippen LogP contribution is 2.71. The van der Waals surface area contributed by atoms with Crippen LogP contribution in [0.5, 0.6) is 5.75 Å². The molecule has 11 heteroatoms. The monoisotopic (exact) mass is 550 g/mol. The molecule has 0 bridgehead atoms. The average molecular weight is 551 g/mol. The number of carboxylic acids is 1. The van der Waals surface area contributed by atoms with Crippen molar-refractivity contribution in [3.8, 4) is 5.75 Å². The number of hydrogen-bond donors (Lipinski definition) is 2. The molecule has 9 nitrogen and oxygen atoms in total. The number of methoxy groups -OCH3 is 1. The molecule has 39 heavy (non-hydrogen) atoms. The zero-order chi connectivity index (χ0) is 28.5. The molecule has 0 radical (unpaired) electrons. The maximum atomic E-state index is 17.3. The zero-order valence-electron chi connectivity index (χ0n) is 22.1. The van der Waals surface area contributed by atoms with Gasteiger partial charge >= 0.3 is 11.9 Å². The summed E-state index contributed by atoms with van der Waals surface area (Å²) in [6, 6.07) is 1.24. The molecule has 0 amide bonds. The van der Waals surface area contributed by atoms with Gasteiger partial charge in [-0.15, -0.1) is 0 Å². The van der Waals surface area contributed by atoms with Gasteiger partial charge in [0.15, 0.2) is 24.0 Å². The molecule has 2 N–H and O–H groups in total. The Balaban J connectivity index is 1.54. The topological polar surface area (TPSA) is 132 Å². The summed E-state index contributed by atoms with van der Waals surface area (Å²) in [5.41, 5.74) is -7.64. The highest BCUT2D eigenvalue weighted by molar-refractivity contribution is 6.01. The molecule has 0 aliphatic heterocycles. The summed E-state index contributed by atoms with van der Waals surface area (Å²) in [5.74, 6) is -5.79. The number of alkyl halides is 2. The summed E-state index contributed by atoms with van der Waals surface area (Å²) in [5, 5.41) is 22.0. The number of esters is 1. The van der Waals surface area contributed by atoms with Crippen LogP contribution in [-0.4, -0.2) is 65.4 Å². The number of furan rings is 1. The minimum atomic E-state index is -2.38. The lowest BCUT2D eigenvalue weighted by Gasteiger charge is -2.62. The van der Waals surface area contributed by atoms with Gasteiger partial charge in [0.2, 0.25) is 11.4 Å².